The van der Waals surface area contributed by atoms with Crippen LogP contribution in [0.15, 0.2) is 231 Å². The molecule has 9 aromatic carbocycles. The van der Waals surface area contributed by atoms with Crippen LogP contribution in [0.4, 0.5) is 0 Å². The molecule has 0 saturated heterocycles. The molecule has 0 aliphatic heterocycles. The normalized spacial score (nSPS) is 11.9. The fourth-order valence-corrected chi connectivity index (χ4v) is 14.5. The quantitative estimate of drug-likeness (QED) is 0.114. The summed E-state index contributed by atoms with van der Waals surface area (Å²) in [6.45, 7) is 0. The second-order valence-corrected chi connectivity index (χ2v) is 18.6. The van der Waals surface area contributed by atoms with Gasteiger partial charge in [-0.2, -0.15) is 0 Å². The Labute approximate surface area is 333 Å². The van der Waals surface area contributed by atoms with Crippen molar-refractivity contribution in [2.75, 3.05) is 0 Å². The third kappa shape index (κ3) is 5.03. The smallest absolute Gasteiger partial charge is 0.181 e. The van der Waals surface area contributed by atoms with Crippen LogP contribution in [0.5, 0.6) is 0 Å². The lowest BCUT2D eigenvalue weighted by molar-refractivity contribution is 1.17. The number of hydrogen-bond acceptors (Lipinski definition) is 0. The lowest BCUT2D eigenvalue weighted by atomic mass is 10.0. The first-order chi connectivity index (χ1) is 28.3. The number of hydrogen-bond donors (Lipinski definition) is 0. The van der Waals surface area contributed by atoms with Gasteiger partial charge in [-0.1, -0.05) is 200 Å². The van der Waals surface area contributed by atoms with Crippen molar-refractivity contribution >= 4 is 72.4 Å². The van der Waals surface area contributed by atoms with Crippen molar-refractivity contribution in [3.8, 4) is 22.5 Å². The van der Waals surface area contributed by atoms with Crippen LogP contribution in [-0.2, 0) is 0 Å². The molecule has 0 fully saturated rings. The van der Waals surface area contributed by atoms with Crippen LogP contribution in [0.25, 0.3) is 66.1 Å². The second-order valence-electron chi connectivity index (χ2n) is 14.8. The fourth-order valence-electron chi connectivity index (χ4n) is 9.56. The van der Waals surface area contributed by atoms with Gasteiger partial charge >= 0.3 is 0 Å². The van der Waals surface area contributed by atoms with Crippen molar-refractivity contribution in [2.24, 2.45) is 0 Å². The highest BCUT2D eigenvalue weighted by atomic mass is 28.3. The monoisotopic (exact) mass is 742 g/mol. The minimum absolute atomic E-state index is 1.14. The standard InChI is InChI=1S/C54H38N2Si/c1-6-21-39(22-7-1)44-37-38-50(52-47-32-17-19-35-49(47)55(54(44)52)40-23-8-2-9-24-40)56-48-34-18-16-31-45(48)46-33-20-36-51(53(46)56)57(41-25-10-3-11-26-41,42-27-12-4-13-28-42)43-29-14-5-15-30-43/h1-38H. The van der Waals surface area contributed by atoms with Crippen LogP contribution >= 0.6 is 0 Å². The number of benzene rings is 9. The van der Waals surface area contributed by atoms with E-state index < -0.39 is 8.07 Å². The van der Waals surface area contributed by atoms with E-state index in [1.165, 1.54) is 81.2 Å². The Bertz CT molecular complexity index is 3110. The minimum atomic E-state index is -2.95. The van der Waals surface area contributed by atoms with E-state index in [0.29, 0.717) is 0 Å². The Morgan fingerprint density at radius 2 is 0.789 bits per heavy atom. The zero-order valence-electron chi connectivity index (χ0n) is 31.3. The van der Waals surface area contributed by atoms with Gasteiger partial charge in [-0.25, -0.2) is 0 Å². The summed E-state index contributed by atoms with van der Waals surface area (Å²) in [5, 5.41) is 10.4. The molecule has 0 bridgehead atoms. The highest BCUT2D eigenvalue weighted by Gasteiger charge is 2.43. The molecule has 0 atom stereocenters. The number of nitrogens with zero attached hydrogens (tertiary/aromatic N) is 2. The van der Waals surface area contributed by atoms with E-state index in [2.05, 4.69) is 240 Å². The molecule has 2 aromatic heterocycles. The van der Waals surface area contributed by atoms with Crippen LogP contribution < -0.4 is 20.7 Å². The summed E-state index contributed by atoms with van der Waals surface area (Å²) in [4.78, 5) is 0. The van der Waals surface area contributed by atoms with Gasteiger partial charge < -0.3 is 9.13 Å². The van der Waals surface area contributed by atoms with Crippen molar-refractivity contribution in [1.82, 2.24) is 9.13 Å². The lowest BCUT2D eigenvalue weighted by Gasteiger charge is -2.35. The summed E-state index contributed by atoms with van der Waals surface area (Å²) < 4.78 is 5.08. The molecule has 0 unspecified atom stereocenters. The second kappa shape index (κ2) is 13.5. The van der Waals surface area contributed by atoms with Crippen LogP contribution in [0, 0.1) is 0 Å². The zero-order chi connectivity index (χ0) is 37.8. The minimum Gasteiger partial charge on any atom is -0.309 e. The van der Waals surface area contributed by atoms with E-state index in [4.69, 9.17) is 0 Å². The Morgan fingerprint density at radius 1 is 0.316 bits per heavy atom. The largest absolute Gasteiger partial charge is 0.309 e. The van der Waals surface area contributed by atoms with Crippen molar-refractivity contribution in [3.05, 3.63) is 231 Å². The van der Waals surface area contributed by atoms with Crippen LogP contribution in [0.1, 0.15) is 0 Å². The molecule has 0 amide bonds. The Hall–Kier alpha value is -7.20. The van der Waals surface area contributed by atoms with Crippen molar-refractivity contribution in [3.63, 3.8) is 0 Å². The Balaban J connectivity index is 1.37. The highest BCUT2D eigenvalue weighted by molar-refractivity contribution is 7.20. The number of para-hydroxylation sites is 4. The molecule has 0 saturated carbocycles. The number of aromatic nitrogens is 2. The van der Waals surface area contributed by atoms with Gasteiger partial charge in [-0.3, -0.25) is 0 Å². The van der Waals surface area contributed by atoms with E-state index in [9.17, 15) is 0 Å². The average Bonchev–Trinajstić information content (AvgIpc) is 3.82. The van der Waals surface area contributed by atoms with Gasteiger partial charge in [0.05, 0.1) is 27.8 Å². The van der Waals surface area contributed by atoms with Gasteiger partial charge in [0.25, 0.3) is 0 Å². The molecule has 0 aliphatic carbocycles. The molecule has 57 heavy (non-hydrogen) atoms. The molecule has 0 radical (unpaired) electrons. The molecular formula is C54H38N2Si. The van der Waals surface area contributed by atoms with Crippen LogP contribution in [0.2, 0.25) is 0 Å². The summed E-state index contributed by atoms with van der Waals surface area (Å²) in [7, 11) is -2.95. The molecule has 3 heteroatoms. The van der Waals surface area contributed by atoms with Crippen molar-refractivity contribution in [1.29, 1.82) is 0 Å². The maximum Gasteiger partial charge on any atom is 0.181 e. The van der Waals surface area contributed by atoms with Crippen molar-refractivity contribution < 1.29 is 0 Å². The summed E-state index contributed by atoms with van der Waals surface area (Å²) in [5.74, 6) is 0. The summed E-state index contributed by atoms with van der Waals surface area (Å²) in [6.07, 6.45) is 0. The molecular weight excluding hydrogens is 705 g/mol. The molecule has 0 N–H and O–H groups in total. The highest BCUT2D eigenvalue weighted by Crippen LogP contribution is 2.43. The topological polar surface area (TPSA) is 9.86 Å². The van der Waals surface area contributed by atoms with E-state index in [-0.39, 0.29) is 0 Å². The third-order valence-electron chi connectivity index (χ3n) is 11.9. The number of fused-ring (bicyclic) bond motifs is 6. The Morgan fingerprint density at radius 3 is 1.39 bits per heavy atom. The van der Waals surface area contributed by atoms with E-state index in [0.717, 1.165) is 5.69 Å². The third-order valence-corrected chi connectivity index (χ3v) is 16.7. The summed E-state index contributed by atoms with van der Waals surface area (Å²) in [5.41, 5.74) is 9.56. The summed E-state index contributed by atoms with van der Waals surface area (Å²) in [6, 6.07) is 85.3. The first-order valence-electron chi connectivity index (χ1n) is 19.7. The van der Waals surface area contributed by atoms with Gasteiger partial charge in [0.15, 0.2) is 8.07 Å². The fraction of sp³-hybridized carbons (Fsp3) is 0. The predicted octanol–water partition coefficient (Wildman–Crippen LogP) is 10.9. The van der Waals surface area contributed by atoms with E-state index in [1.807, 2.05) is 0 Å². The SMILES string of the molecule is c1ccc(-c2ccc(-n3c4ccccc4c4cccc([Si](c5ccccc5)(c5ccccc5)c5ccccc5)c43)c3c4ccccc4n(-c4ccccc4)c23)cc1. The van der Waals surface area contributed by atoms with Gasteiger partial charge in [-0.05, 0) is 56.6 Å². The molecule has 2 heterocycles. The Kier molecular flexibility index (Phi) is 7.87. The molecule has 2 nitrogen and oxygen atoms in total. The van der Waals surface area contributed by atoms with Crippen LogP contribution in [-0.4, -0.2) is 17.2 Å². The molecule has 0 spiro atoms. The van der Waals surface area contributed by atoms with Crippen molar-refractivity contribution in [2.45, 2.75) is 0 Å². The van der Waals surface area contributed by atoms with E-state index >= 15 is 0 Å². The molecule has 11 rings (SSSR count). The van der Waals surface area contributed by atoms with Gasteiger partial charge in [-0.15, -0.1) is 0 Å². The van der Waals surface area contributed by atoms with Gasteiger partial charge in [0, 0.05) is 32.8 Å². The zero-order valence-corrected chi connectivity index (χ0v) is 32.3. The van der Waals surface area contributed by atoms with Gasteiger partial charge in [0.2, 0.25) is 0 Å². The first-order valence-corrected chi connectivity index (χ1v) is 21.7. The first kappa shape index (κ1) is 33.2. The average molecular weight is 743 g/mol. The molecule has 11 aromatic rings. The molecule has 0 aliphatic rings. The number of rotatable bonds is 7. The van der Waals surface area contributed by atoms with E-state index in [1.54, 1.807) is 0 Å². The van der Waals surface area contributed by atoms with Crippen LogP contribution in [0.3, 0.4) is 0 Å². The lowest BCUT2D eigenvalue weighted by Crippen LogP contribution is -2.75. The maximum absolute atomic E-state index is 2.95. The maximum atomic E-state index is 2.61. The molecule has 268 valence electrons. The van der Waals surface area contributed by atoms with Gasteiger partial charge in [0.1, 0.15) is 0 Å². The predicted molar refractivity (Wildman–Crippen MR) is 244 cm³/mol. The summed E-state index contributed by atoms with van der Waals surface area (Å²) >= 11 is 0.